The number of nitrogens with one attached hydrogen (secondary N) is 2. The summed E-state index contributed by atoms with van der Waals surface area (Å²) in [6.45, 7) is 4.38. The fraction of sp³-hybridized carbons (Fsp3) is 0.190. The lowest BCUT2D eigenvalue weighted by Crippen LogP contribution is -2.19. The standard InChI is InChI=1S/C21H20N6OS/c1-12-18(29-21(28)24-12)8-15-11-23-27-19(25-16-5-6-16)9-17(26-20(15)27)14-4-2-3-13(7-14)10-22/h2-4,7-9,11,16,25H,1,5-6,10,22H2,(H,24,28)/b18-8-. The van der Waals surface area contributed by atoms with Crippen LogP contribution in [0.4, 0.5) is 5.82 Å². The van der Waals surface area contributed by atoms with Gasteiger partial charge in [0.15, 0.2) is 5.65 Å². The molecule has 0 amide bonds. The second kappa shape index (κ2) is 6.98. The Morgan fingerprint density at radius 3 is 2.97 bits per heavy atom. The van der Waals surface area contributed by atoms with Crippen molar-refractivity contribution in [3.8, 4) is 11.3 Å². The summed E-state index contributed by atoms with van der Waals surface area (Å²) < 4.78 is 2.59. The maximum absolute atomic E-state index is 11.6. The normalized spacial score (nSPS) is 14.6. The van der Waals surface area contributed by atoms with E-state index in [1.54, 1.807) is 6.20 Å². The van der Waals surface area contributed by atoms with E-state index < -0.39 is 0 Å². The SMILES string of the molecule is C=c1[nH]c(=O)s/c1=C\c1cnn2c(NC3CC3)cc(-c3cccc(CN)c3)nc12. The molecule has 1 fully saturated rings. The molecular formula is C21H20N6OS. The molecule has 1 saturated carbocycles. The molecule has 8 heteroatoms. The average Bonchev–Trinajstić information content (AvgIpc) is 3.36. The van der Waals surface area contributed by atoms with Gasteiger partial charge in [-0.2, -0.15) is 9.61 Å². The highest BCUT2D eigenvalue weighted by molar-refractivity contribution is 7.07. The molecule has 4 N–H and O–H groups in total. The summed E-state index contributed by atoms with van der Waals surface area (Å²) in [7, 11) is 0. The van der Waals surface area contributed by atoms with Crippen molar-refractivity contribution < 1.29 is 0 Å². The van der Waals surface area contributed by atoms with Crippen LogP contribution in [0.25, 0.3) is 29.6 Å². The summed E-state index contributed by atoms with van der Waals surface area (Å²) in [5.41, 5.74) is 10.3. The first-order valence-corrected chi connectivity index (χ1v) is 10.3. The third-order valence-electron chi connectivity index (χ3n) is 4.93. The van der Waals surface area contributed by atoms with Gasteiger partial charge in [0.05, 0.1) is 21.8 Å². The molecule has 146 valence electrons. The van der Waals surface area contributed by atoms with E-state index in [1.165, 1.54) is 0 Å². The van der Waals surface area contributed by atoms with E-state index >= 15 is 0 Å². The maximum atomic E-state index is 11.6. The van der Waals surface area contributed by atoms with Crippen LogP contribution in [0.5, 0.6) is 0 Å². The minimum atomic E-state index is -0.124. The van der Waals surface area contributed by atoms with Gasteiger partial charge in [0.1, 0.15) is 5.82 Å². The Labute approximate surface area is 170 Å². The molecule has 0 aliphatic heterocycles. The minimum Gasteiger partial charge on any atom is -0.367 e. The number of aromatic nitrogens is 4. The van der Waals surface area contributed by atoms with Crippen LogP contribution < -0.4 is 25.8 Å². The fourth-order valence-corrected chi connectivity index (χ4v) is 3.99. The number of benzene rings is 1. The third-order valence-corrected chi connectivity index (χ3v) is 5.80. The van der Waals surface area contributed by atoms with Crippen LogP contribution in [0.3, 0.4) is 0 Å². The minimum absolute atomic E-state index is 0.124. The van der Waals surface area contributed by atoms with Crippen LogP contribution in [0.2, 0.25) is 0 Å². The third kappa shape index (κ3) is 3.48. The number of fused-ring (bicyclic) bond motifs is 1. The van der Waals surface area contributed by atoms with Gasteiger partial charge in [0.2, 0.25) is 0 Å². The van der Waals surface area contributed by atoms with E-state index in [9.17, 15) is 4.79 Å². The summed E-state index contributed by atoms with van der Waals surface area (Å²) in [6.07, 6.45) is 5.99. The van der Waals surface area contributed by atoms with Gasteiger partial charge in [0, 0.05) is 29.8 Å². The summed E-state index contributed by atoms with van der Waals surface area (Å²) in [5, 5.41) is 8.68. The van der Waals surface area contributed by atoms with Crippen LogP contribution >= 0.6 is 11.3 Å². The Morgan fingerprint density at radius 1 is 1.38 bits per heavy atom. The topological polar surface area (TPSA) is 101 Å². The zero-order valence-electron chi connectivity index (χ0n) is 15.7. The van der Waals surface area contributed by atoms with Crippen molar-refractivity contribution in [1.29, 1.82) is 0 Å². The Hall–Kier alpha value is -3.23. The first-order chi connectivity index (χ1) is 14.1. The average molecular weight is 404 g/mol. The predicted octanol–water partition coefficient (Wildman–Crippen LogP) is 1.42. The highest BCUT2D eigenvalue weighted by Crippen LogP contribution is 2.29. The first-order valence-electron chi connectivity index (χ1n) is 9.45. The molecule has 0 radical (unpaired) electrons. The molecule has 0 saturated heterocycles. The second-order valence-electron chi connectivity index (χ2n) is 7.19. The van der Waals surface area contributed by atoms with Crippen molar-refractivity contribution in [3.05, 3.63) is 67.2 Å². The molecule has 0 bridgehead atoms. The van der Waals surface area contributed by atoms with E-state index in [4.69, 9.17) is 10.7 Å². The van der Waals surface area contributed by atoms with Gasteiger partial charge in [0.25, 0.3) is 0 Å². The molecule has 4 aromatic rings. The van der Waals surface area contributed by atoms with Crippen LogP contribution in [-0.4, -0.2) is 25.6 Å². The lowest BCUT2D eigenvalue weighted by molar-refractivity contribution is 0.926. The number of thiazole rings is 1. The van der Waals surface area contributed by atoms with Crippen LogP contribution in [0, 0.1) is 0 Å². The lowest BCUT2D eigenvalue weighted by atomic mass is 10.1. The maximum Gasteiger partial charge on any atom is 0.305 e. The Balaban J connectivity index is 1.72. The number of rotatable bonds is 5. The van der Waals surface area contributed by atoms with Gasteiger partial charge in [-0.1, -0.05) is 36.1 Å². The largest absolute Gasteiger partial charge is 0.367 e. The molecule has 7 nitrogen and oxygen atoms in total. The zero-order valence-corrected chi connectivity index (χ0v) is 16.5. The van der Waals surface area contributed by atoms with Crippen LogP contribution in [-0.2, 0) is 6.54 Å². The van der Waals surface area contributed by atoms with Crippen molar-refractivity contribution in [2.24, 2.45) is 5.73 Å². The molecule has 0 spiro atoms. The van der Waals surface area contributed by atoms with E-state index in [0.29, 0.717) is 17.9 Å². The number of anilines is 1. The Kier molecular flexibility index (Phi) is 4.30. The van der Waals surface area contributed by atoms with Crippen molar-refractivity contribution in [3.63, 3.8) is 0 Å². The molecule has 5 rings (SSSR count). The van der Waals surface area contributed by atoms with Gasteiger partial charge in [-0.25, -0.2) is 4.98 Å². The summed E-state index contributed by atoms with van der Waals surface area (Å²) in [6, 6.07) is 10.6. The zero-order chi connectivity index (χ0) is 20.0. The summed E-state index contributed by atoms with van der Waals surface area (Å²) >= 11 is 1.13. The van der Waals surface area contributed by atoms with Gasteiger partial charge < -0.3 is 16.0 Å². The van der Waals surface area contributed by atoms with Crippen LogP contribution in [0.15, 0.2) is 41.3 Å². The molecule has 1 aromatic carbocycles. The smallest absolute Gasteiger partial charge is 0.305 e. The number of hydrogen-bond acceptors (Lipinski definition) is 6. The Bertz CT molecular complexity index is 1380. The fourth-order valence-electron chi connectivity index (χ4n) is 3.26. The van der Waals surface area contributed by atoms with E-state index in [1.807, 2.05) is 34.9 Å². The quantitative estimate of drug-likeness (QED) is 0.467. The predicted molar refractivity (Wildman–Crippen MR) is 116 cm³/mol. The van der Waals surface area contributed by atoms with E-state index in [0.717, 1.165) is 62.6 Å². The summed E-state index contributed by atoms with van der Waals surface area (Å²) in [5.74, 6) is 0.905. The molecule has 0 atom stereocenters. The van der Waals surface area contributed by atoms with Crippen molar-refractivity contribution in [2.75, 3.05) is 5.32 Å². The number of hydrogen-bond donors (Lipinski definition) is 3. The molecule has 1 aliphatic carbocycles. The first kappa shape index (κ1) is 17.8. The molecule has 1 aliphatic rings. The van der Waals surface area contributed by atoms with Crippen molar-refractivity contribution in [1.82, 2.24) is 19.6 Å². The summed E-state index contributed by atoms with van der Waals surface area (Å²) in [4.78, 5) is 19.1. The molecular weight excluding hydrogens is 384 g/mol. The number of nitrogens with two attached hydrogens (primary N) is 1. The molecule has 3 aromatic heterocycles. The van der Waals surface area contributed by atoms with Crippen molar-refractivity contribution in [2.45, 2.75) is 25.4 Å². The van der Waals surface area contributed by atoms with E-state index in [2.05, 4.69) is 28.0 Å². The highest BCUT2D eigenvalue weighted by Gasteiger charge is 2.23. The molecule has 29 heavy (non-hydrogen) atoms. The van der Waals surface area contributed by atoms with Gasteiger partial charge in [-0.3, -0.25) is 4.79 Å². The van der Waals surface area contributed by atoms with Gasteiger partial charge in [-0.15, -0.1) is 0 Å². The molecule has 3 heterocycles. The number of H-pyrrole nitrogens is 1. The molecule has 0 unspecified atom stereocenters. The van der Waals surface area contributed by atoms with Crippen LogP contribution in [0.1, 0.15) is 24.0 Å². The monoisotopic (exact) mass is 404 g/mol. The lowest BCUT2D eigenvalue weighted by Gasteiger charge is -2.11. The van der Waals surface area contributed by atoms with Gasteiger partial charge >= 0.3 is 4.87 Å². The van der Waals surface area contributed by atoms with E-state index in [-0.39, 0.29) is 4.87 Å². The number of aromatic amines is 1. The van der Waals surface area contributed by atoms with Gasteiger partial charge in [-0.05, 0) is 30.5 Å². The Morgan fingerprint density at radius 2 is 2.24 bits per heavy atom. The highest BCUT2D eigenvalue weighted by atomic mass is 32.1. The second-order valence-corrected chi connectivity index (χ2v) is 8.20. The van der Waals surface area contributed by atoms with Crippen molar-refractivity contribution >= 4 is 35.5 Å². The number of nitrogens with zero attached hydrogens (tertiary/aromatic N) is 3.